The summed E-state index contributed by atoms with van der Waals surface area (Å²) in [4.78, 5) is -0.0129. The van der Waals surface area contributed by atoms with Crippen molar-refractivity contribution in [2.75, 3.05) is 5.73 Å². The highest BCUT2D eigenvalue weighted by molar-refractivity contribution is 7.12. The quantitative estimate of drug-likeness (QED) is 0.753. The van der Waals surface area contributed by atoms with Crippen LogP contribution in [0.3, 0.4) is 0 Å². The molecule has 0 radical (unpaired) electrons. The molecule has 0 aromatic carbocycles. The number of anilines is 1. The van der Waals surface area contributed by atoms with Crippen LogP contribution in [0.2, 0.25) is 0 Å². The molecular formula is C8H10F3NS. The molecule has 0 atom stereocenters. The number of nitrogens with two attached hydrogens (primary N) is 1. The van der Waals surface area contributed by atoms with Crippen LogP contribution in [0.1, 0.15) is 29.5 Å². The topological polar surface area (TPSA) is 26.0 Å². The van der Waals surface area contributed by atoms with E-state index in [1.807, 2.05) is 13.8 Å². The Hall–Kier alpha value is -0.710. The summed E-state index contributed by atoms with van der Waals surface area (Å²) in [5, 5.41) is 0. The van der Waals surface area contributed by atoms with E-state index >= 15 is 0 Å². The van der Waals surface area contributed by atoms with Crippen molar-refractivity contribution in [3.05, 3.63) is 15.8 Å². The molecule has 5 heteroatoms. The molecule has 1 aromatic heterocycles. The van der Waals surface area contributed by atoms with Gasteiger partial charge in [0.25, 0.3) is 0 Å². The zero-order chi connectivity index (χ0) is 10.2. The fraction of sp³-hybridized carbons (Fsp3) is 0.500. The second kappa shape index (κ2) is 3.21. The maximum atomic E-state index is 12.3. The maximum absolute atomic E-state index is 12.3. The Morgan fingerprint density at radius 1 is 1.38 bits per heavy atom. The molecule has 0 aliphatic heterocycles. The first-order valence-electron chi connectivity index (χ1n) is 3.78. The highest BCUT2D eigenvalue weighted by atomic mass is 32.1. The molecule has 13 heavy (non-hydrogen) atoms. The third-order valence-corrected chi connectivity index (χ3v) is 3.10. The molecule has 1 nitrogen and oxygen atoms in total. The van der Waals surface area contributed by atoms with E-state index in [2.05, 4.69) is 0 Å². The van der Waals surface area contributed by atoms with E-state index in [0.717, 1.165) is 11.3 Å². The van der Waals surface area contributed by atoms with Gasteiger partial charge in [-0.25, -0.2) is 0 Å². The van der Waals surface area contributed by atoms with Crippen LogP contribution in [0.25, 0.3) is 0 Å². The third-order valence-electron chi connectivity index (χ3n) is 1.61. The van der Waals surface area contributed by atoms with Gasteiger partial charge in [0.2, 0.25) is 0 Å². The number of thiophene rings is 1. The summed E-state index contributed by atoms with van der Waals surface area (Å²) in [6.45, 7) is 3.68. The minimum absolute atomic E-state index is 0.0865. The minimum Gasteiger partial charge on any atom is -0.398 e. The highest BCUT2D eigenvalue weighted by Gasteiger charge is 2.35. The number of hydrogen-bond donors (Lipinski definition) is 1. The summed E-state index contributed by atoms with van der Waals surface area (Å²) >= 11 is 0.725. The fourth-order valence-electron chi connectivity index (χ4n) is 0.931. The summed E-state index contributed by atoms with van der Waals surface area (Å²) in [6, 6.07) is 1.40. The lowest BCUT2D eigenvalue weighted by atomic mass is 10.2. The Balaban J connectivity index is 3.11. The van der Waals surface area contributed by atoms with Crippen LogP contribution in [0.15, 0.2) is 6.07 Å². The number of hydrogen-bond acceptors (Lipinski definition) is 2. The Bertz CT molecular complexity index is 301. The molecule has 0 fully saturated rings. The molecule has 1 rings (SSSR count). The molecule has 0 bridgehead atoms. The highest BCUT2D eigenvalue weighted by Crippen LogP contribution is 2.41. The van der Waals surface area contributed by atoms with Gasteiger partial charge in [-0.3, -0.25) is 0 Å². The predicted molar refractivity (Wildman–Crippen MR) is 47.8 cm³/mol. The second-order valence-corrected chi connectivity index (χ2v) is 4.17. The van der Waals surface area contributed by atoms with Crippen molar-refractivity contribution in [2.45, 2.75) is 25.9 Å². The summed E-state index contributed by atoms with van der Waals surface area (Å²) < 4.78 is 36.8. The van der Waals surface area contributed by atoms with Crippen LogP contribution >= 0.6 is 11.3 Å². The van der Waals surface area contributed by atoms with Gasteiger partial charge in [-0.2, -0.15) is 13.2 Å². The van der Waals surface area contributed by atoms with Gasteiger partial charge < -0.3 is 5.73 Å². The maximum Gasteiger partial charge on any atom is 0.427 e. The first-order valence-corrected chi connectivity index (χ1v) is 4.60. The molecular weight excluding hydrogens is 199 g/mol. The fourth-order valence-corrected chi connectivity index (χ4v) is 1.88. The van der Waals surface area contributed by atoms with E-state index in [1.165, 1.54) is 6.07 Å². The molecule has 0 spiro atoms. The van der Waals surface area contributed by atoms with E-state index in [1.54, 1.807) is 0 Å². The van der Waals surface area contributed by atoms with Crippen molar-refractivity contribution < 1.29 is 13.2 Å². The van der Waals surface area contributed by atoms with E-state index in [9.17, 15) is 13.2 Å². The standard InChI is InChI=1S/C8H10F3NS/c1-4(2)6-3-5(12)7(13-6)8(9,10)11/h3-4H,12H2,1-2H3. The number of halogens is 3. The lowest BCUT2D eigenvalue weighted by Crippen LogP contribution is -2.04. The van der Waals surface area contributed by atoms with Crippen LogP contribution in [0.5, 0.6) is 0 Å². The van der Waals surface area contributed by atoms with E-state index in [4.69, 9.17) is 5.73 Å². The Kier molecular flexibility index (Phi) is 2.56. The minimum atomic E-state index is -4.32. The molecule has 0 aliphatic rings. The molecule has 0 aliphatic carbocycles. The molecule has 1 heterocycles. The Morgan fingerprint density at radius 3 is 2.15 bits per heavy atom. The Morgan fingerprint density at radius 2 is 1.92 bits per heavy atom. The average molecular weight is 209 g/mol. The zero-order valence-electron chi connectivity index (χ0n) is 7.27. The van der Waals surface area contributed by atoms with Crippen molar-refractivity contribution in [1.29, 1.82) is 0 Å². The molecule has 0 saturated carbocycles. The largest absolute Gasteiger partial charge is 0.427 e. The molecule has 0 saturated heterocycles. The van der Waals surface area contributed by atoms with Gasteiger partial charge in [-0.1, -0.05) is 13.8 Å². The molecule has 2 N–H and O–H groups in total. The lowest BCUT2D eigenvalue weighted by molar-refractivity contribution is -0.133. The zero-order valence-corrected chi connectivity index (χ0v) is 8.09. The summed E-state index contributed by atoms with van der Waals surface area (Å²) in [5.41, 5.74) is 5.09. The van der Waals surface area contributed by atoms with E-state index in [-0.39, 0.29) is 11.6 Å². The third kappa shape index (κ3) is 2.15. The SMILES string of the molecule is CC(C)c1cc(N)c(C(F)(F)F)s1. The van der Waals surface area contributed by atoms with E-state index in [0.29, 0.717) is 4.88 Å². The Labute approximate surface area is 78.4 Å². The van der Waals surface area contributed by atoms with E-state index < -0.39 is 11.1 Å². The summed E-state index contributed by atoms with van der Waals surface area (Å²) in [6.07, 6.45) is -4.32. The summed E-state index contributed by atoms with van der Waals surface area (Å²) in [5.74, 6) is 0.0865. The van der Waals surface area contributed by atoms with Crippen LogP contribution in [-0.2, 0) is 6.18 Å². The van der Waals surface area contributed by atoms with Crippen molar-refractivity contribution in [2.24, 2.45) is 0 Å². The number of alkyl halides is 3. The average Bonchev–Trinajstić information content (AvgIpc) is 2.29. The molecule has 0 amide bonds. The van der Waals surface area contributed by atoms with Gasteiger partial charge in [0.1, 0.15) is 4.88 Å². The summed E-state index contributed by atoms with van der Waals surface area (Å²) in [7, 11) is 0. The van der Waals surface area contributed by atoms with Crippen LogP contribution in [0.4, 0.5) is 18.9 Å². The normalized spacial score (nSPS) is 12.5. The number of nitrogen functional groups attached to an aromatic ring is 1. The van der Waals surface area contributed by atoms with Gasteiger partial charge in [0.15, 0.2) is 0 Å². The first kappa shape index (κ1) is 10.4. The van der Waals surface area contributed by atoms with Crippen molar-refractivity contribution in [1.82, 2.24) is 0 Å². The monoisotopic (exact) mass is 209 g/mol. The van der Waals surface area contributed by atoms with Crippen molar-refractivity contribution >= 4 is 17.0 Å². The number of rotatable bonds is 1. The molecule has 1 aromatic rings. The van der Waals surface area contributed by atoms with Gasteiger partial charge in [-0.05, 0) is 12.0 Å². The first-order chi connectivity index (χ1) is 5.82. The van der Waals surface area contributed by atoms with Crippen molar-refractivity contribution in [3.8, 4) is 0 Å². The second-order valence-electron chi connectivity index (χ2n) is 3.09. The van der Waals surface area contributed by atoms with Crippen molar-refractivity contribution in [3.63, 3.8) is 0 Å². The van der Waals surface area contributed by atoms with Crippen LogP contribution < -0.4 is 5.73 Å². The van der Waals surface area contributed by atoms with Gasteiger partial charge in [-0.15, -0.1) is 11.3 Å². The predicted octanol–water partition coefficient (Wildman–Crippen LogP) is 3.47. The smallest absolute Gasteiger partial charge is 0.398 e. The molecule has 0 unspecified atom stereocenters. The van der Waals surface area contributed by atoms with Gasteiger partial charge in [0.05, 0.1) is 5.69 Å². The van der Waals surface area contributed by atoms with Crippen LogP contribution in [-0.4, -0.2) is 0 Å². The molecule has 74 valence electrons. The lowest BCUT2D eigenvalue weighted by Gasteiger charge is -2.03. The van der Waals surface area contributed by atoms with Gasteiger partial charge in [0, 0.05) is 4.88 Å². The van der Waals surface area contributed by atoms with Crippen LogP contribution in [0, 0.1) is 0 Å². The van der Waals surface area contributed by atoms with Gasteiger partial charge >= 0.3 is 6.18 Å².